The lowest BCUT2D eigenvalue weighted by atomic mass is 10.1. The van der Waals surface area contributed by atoms with Gasteiger partial charge in [-0.25, -0.2) is 0 Å². The van der Waals surface area contributed by atoms with Crippen molar-refractivity contribution in [2.24, 2.45) is 0 Å². The van der Waals surface area contributed by atoms with Crippen LogP contribution in [0.1, 0.15) is 22.3 Å². The molecular weight excluding hydrogens is 162 g/mol. The SMILES string of the molecule is N#CCC=Cc1ccc(C=O)cc1. The van der Waals surface area contributed by atoms with Crippen molar-refractivity contribution in [3.8, 4) is 6.07 Å². The van der Waals surface area contributed by atoms with Crippen LogP contribution in [0.2, 0.25) is 0 Å². The zero-order valence-corrected chi connectivity index (χ0v) is 7.10. The summed E-state index contributed by atoms with van der Waals surface area (Å²) in [6.45, 7) is 0. The number of nitriles is 1. The Morgan fingerprint density at radius 3 is 2.38 bits per heavy atom. The van der Waals surface area contributed by atoms with E-state index >= 15 is 0 Å². The molecule has 1 aromatic carbocycles. The third-order valence-electron chi connectivity index (χ3n) is 1.59. The molecule has 0 atom stereocenters. The van der Waals surface area contributed by atoms with Crippen LogP contribution < -0.4 is 0 Å². The smallest absolute Gasteiger partial charge is 0.150 e. The van der Waals surface area contributed by atoms with E-state index in [4.69, 9.17) is 5.26 Å². The van der Waals surface area contributed by atoms with E-state index in [9.17, 15) is 4.79 Å². The van der Waals surface area contributed by atoms with E-state index in [-0.39, 0.29) is 0 Å². The minimum absolute atomic E-state index is 0.412. The van der Waals surface area contributed by atoms with Crippen molar-refractivity contribution < 1.29 is 4.79 Å². The lowest BCUT2D eigenvalue weighted by Gasteiger charge is -1.92. The number of nitrogens with zero attached hydrogens (tertiary/aromatic N) is 1. The second kappa shape index (κ2) is 4.89. The molecule has 0 radical (unpaired) electrons. The Hall–Kier alpha value is -1.88. The van der Waals surface area contributed by atoms with Crippen molar-refractivity contribution >= 4 is 12.4 Å². The van der Waals surface area contributed by atoms with Gasteiger partial charge >= 0.3 is 0 Å². The average molecular weight is 171 g/mol. The summed E-state index contributed by atoms with van der Waals surface area (Å²) in [7, 11) is 0. The Balaban J connectivity index is 2.70. The Kier molecular flexibility index (Phi) is 3.46. The van der Waals surface area contributed by atoms with Gasteiger partial charge in [0.1, 0.15) is 6.29 Å². The van der Waals surface area contributed by atoms with Gasteiger partial charge in [0, 0.05) is 5.56 Å². The summed E-state index contributed by atoms with van der Waals surface area (Å²) in [4.78, 5) is 10.3. The van der Waals surface area contributed by atoms with Crippen LogP contribution >= 0.6 is 0 Å². The first-order valence-electron chi connectivity index (χ1n) is 3.95. The van der Waals surface area contributed by atoms with E-state index in [1.54, 1.807) is 18.2 Å². The van der Waals surface area contributed by atoms with Gasteiger partial charge in [0.05, 0.1) is 12.5 Å². The van der Waals surface area contributed by atoms with Crippen LogP contribution in [-0.4, -0.2) is 6.29 Å². The Morgan fingerprint density at radius 2 is 1.85 bits per heavy atom. The van der Waals surface area contributed by atoms with Crippen LogP contribution in [0.15, 0.2) is 30.3 Å². The van der Waals surface area contributed by atoms with Gasteiger partial charge in [-0.3, -0.25) is 4.79 Å². The Morgan fingerprint density at radius 1 is 1.23 bits per heavy atom. The molecule has 0 unspecified atom stereocenters. The molecule has 1 rings (SSSR count). The topological polar surface area (TPSA) is 40.9 Å². The molecule has 0 saturated heterocycles. The molecule has 0 heterocycles. The molecule has 0 amide bonds. The van der Waals surface area contributed by atoms with Crippen molar-refractivity contribution in [1.82, 2.24) is 0 Å². The lowest BCUT2D eigenvalue weighted by Crippen LogP contribution is -1.78. The molecule has 0 N–H and O–H groups in total. The first-order chi connectivity index (χ1) is 6.36. The highest BCUT2D eigenvalue weighted by atomic mass is 16.1. The summed E-state index contributed by atoms with van der Waals surface area (Å²) < 4.78 is 0. The monoisotopic (exact) mass is 171 g/mol. The first kappa shape index (κ1) is 9.21. The summed E-state index contributed by atoms with van der Waals surface area (Å²) in [5, 5.41) is 8.28. The number of benzene rings is 1. The van der Waals surface area contributed by atoms with Gasteiger partial charge in [-0.15, -0.1) is 0 Å². The number of carbonyl (C=O) groups is 1. The van der Waals surface area contributed by atoms with Crippen molar-refractivity contribution in [3.63, 3.8) is 0 Å². The summed E-state index contributed by atoms with van der Waals surface area (Å²) in [5.74, 6) is 0. The van der Waals surface area contributed by atoms with Gasteiger partial charge in [0.25, 0.3) is 0 Å². The first-order valence-corrected chi connectivity index (χ1v) is 3.95. The molecule has 0 saturated carbocycles. The number of hydrogen-bond acceptors (Lipinski definition) is 2. The number of allylic oxidation sites excluding steroid dienone is 1. The zero-order chi connectivity index (χ0) is 9.52. The summed E-state index contributed by atoms with van der Waals surface area (Å²) in [5.41, 5.74) is 1.67. The highest BCUT2D eigenvalue weighted by molar-refractivity contribution is 5.75. The van der Waals surface area contributed by atoms with Crippen LogP contribution in [0.4, 0.5) is 0 Å². The molecule has 0 aliphatic heterocycles. The number of carbonyl (C=O) groups excluding carboxylic acids is 1. The van der Waals surface area contributed by atoms with E-state index in [0.717, 1.165) is 11.8 Å². The summed E-state index contributed by atoms with van der Waals surface area (Å²) >= 11 is 0. The third-order valence-corrected chi connectivity index (χ3v) is 1.59. The van der Waals surface area contributed by atoms with E-state index in [2.05, 4.69) is 0 Å². The fourth-order valence-electron chi connectivity index (χ4n) is 0.933. The molecule has 13 heavy (non-hydrogen) atoms. The standard InChI is InChI=1S/C11H9NO/c12-8-2-1-3-10-4-6-11(9-13)7-5-10/h1,3-7,9H,2H2. The van der Waals surface area contributed by atoms with Crippen molar-refractivity contribution in [2.75, 3.05) is 0 Å². The van der Waals surface area contributed by atoms with Crippen molar-refractivity contribution in [3.05, 3.63) is 41.5 Å². The van der Waals surface area contributed by atoms with Crippen molar-refractivity contribution in [2.45, 2.75) is 6.42 Å². The molecular formula is C11H9NO. The van der Waals surface area contributed by atoms with E-state index < -0.39 is 0 Å². The fourth-order valence-corrected chi connectivity index (χ4v) is 0.933. The van der Waals surface area contributed by atoms with Gasteiger partial charge in [0.15, 0.2) is 0 Å². The van der Waals surface area contributed by atoms with E-state index in [1.807, 2.05) is 24.3 Å². The quantitative estimate of drug-likeness (QED) is 0.655. The maximum atomic E-state index is 10.3. The molecule has 2 nitrogen and oxygen atoms in total. The largest absolute Gasteiger partial charge is 0.298 e. The highest BCUT2D eigenvalue weighted by Crippen LogP contribution is 2.04. The third kappa shape index (κ3) is 2.92. The fraction of sp³-hybridized carbons (Fsp3) is 0.0909. The molecule has 0 spiro atoms. The normalized spacial score (nSPS) is 9.77. The minimum Gasteiger partial charge on any atom is -0.298 e. The van der Waals surface area contributed by atoms with Crippen LogP contribution in [0.3, 0.4) is 0 Å². The van der Waals surface area contributed by atoms with Crippen LogP contribution in [0.25, 0.3) is 6.08 Å². The van der Waals surface area contributed by atoms with Crippen LogP contribution in [0, 0.1) is 11.3 Å². The summed E-state index contributed by atoms with van der Waals surface area (Å²) in [6.07, 6.45) is 4.87. The van der Waals surface area contributed by atoms with Gasteiger partial charge in [0.2, 0.25) is 0 Å². The van der Waals surface area contributed by atoms with E-state index in [1.165, 1.54) is 0 Å². The van der Waals surface area contributed by atoms with Gasteiger partial charge in [-0.1, -0.05) is 36.4 Å². The molecule has 1 aromatic rings. The molecule has 0 fully saturated rings. The molecule has 2 heteroatoms. The maximum absolute atomic E-state index is 10.3. The Bertz CT molecular complexity index is 343. The predicted octanol–water partition coefficient (Wildman–Crippen LogP) is 2.43. The lowest BCUT2D eigenvalue weighted by molar-refractivity contribution is 0.112. The number of rotatable bonds is 3. The van der Waals surface area contributed by atoms with Crippen molar-refractivity contribution in [1.29, 1.82) is 5.26 Å². The molecule has 64 valence electrons. The van der Waals surface area contributed by atoms with Crippen LogP contribution in [0.5, 0.6) is 0 Å². The molecule has 0 aliphatic carbocycles. The average Bonchev–Trinajstić information content (AvgIpc) is 2.19. The van der Waals surface area contributed by atoms with Gasteiger partial charge in [-0.05, 0) is 5.56 Å². The van der Waals surface area contributed by atoms with Gasteiger partial charge in [-0.2, -0.15) is 5.26 Å². The summed E-state index contributed by atoms with van der Waals surface area (Å²) in [6, 6.07) is 9.21. The highest BCUT2D eigenvalue weighted by Gasteiger charge is 1.88. The minimum atomic E-state index is 0.412. The number of aldehydes is 1. The predicted molar refractivity (Wildman–Crippen MR) is 51.1 cm³/mol. The molecule has 0 aliphatic rings. The Labute approximate surface area is 77.1 Å². The zero-order valence-electron chi connectivity index (χ0n) is 7.10. The maximum Gasteiger partial charge on any atom is 0.150 e. The number of hydrogen-bond donors (Lipinski definition) is 0. The second-order valence-electron chi connectivity index (χ2n) is 2.55. The van der Waals surface area contributed by atoms with Crippen LogP contribution in [-0.2, 0) is 0 Å². The van der Waals surface area contributed by atoms with E-state index in [0.29, 0.717) is 12.0 Å². The molecule has 0 bridgehead atoms. The molecule has 0 aromatic heterocycles. The second-order valence-corrected chi connectivity index (χ2v) is 2.55. The van der Waals surface area contributed by atoms with Gasteiger partial charge < -0.3 is 0 Å².